The molecule has 0 aliphatic heterocycles. The van der Waals surface area contributed by atoms with Crippen LogP contribution in [-0.2, 0) is 0 Å². The van der Waals surface area contributed by atoms with Crippen LogP contribution >= 0.6 is 11.6 Å². The average molecular weight is 488 g/mol. The topological polar surface area (TPSA) is 64.8 Å². The first-order chi connectivity index (χ1) is 17.0. The van der Waals surface area contributed by atoms with Crippen molar-refractivity contribution < 1.29 is 14.3 Å². The lowest BCUT2D eigenvalue weighted by molar-refractivity contribution is 0.0955. The molecule has 6 nitrogen and oxygen atoms in total. The largest absolute Gasteiger partial charge is 0.493 e. The molecule has 3 aromatic carbocycles. The van der Waals surface area contributed by atoms with Crippen molar-refractivity contribution in [2.75, 3.05) is 13.7 Å². The number of methoxy groups -OCH3 is 1. The summed E-state index contributed by atoms with van der Waals surface area (Å²) in [5.74, 6) is 0.661. The van der Waals surface area contributed by atoms with Gasteiger partial charge in [-0.05, 0) is 73.5 Å². The molecule has 178 valence electrons. The van der Waals surface area contributed by atoms with Crippen LogP contribution in [0.15, 0.2) is 84.0 Å². The summed E-state index contributed by atoms with van der Waals surface area (Å²) in [4.78, 5) is 12.6. The molecule has 1 amide bonds. The summed E-state index contributed by atoms with van der Waals surface area (Å²) >= 11 is 6.29. The van der Waals surface area contributed by atoms with Gasteiger partial charge >= 0.3 is 0 Å². The fourth-order valence-corrected chi connectivity index (χ4v) is 4.08. The van der Waals surface area contributed by atoms with E-state index in [2.05, 4.69) is 46.3 Å². The minimum Gasteiger partial charge on any atom is -0.493 e. The number of rotatable bonds is 8. The number of carbonyl (C=O) groups is 1. The van der Waals surface area contributed by atoms with Crippen molar-refractivity contribution in [1.29, 1.82) is 0 Å². The zero-order chi connectivity index (χ0) is 24.8. The molecule has 0 atom stereocenters. The van der Waals surface area contributed by atoms with Crippen molar-refractivity contribution in [2.24, 2.45) is 5.10 Å². The van der Waals surface area contributed by atoms with Gasteiger partial charge in [0, 0.05) is 16.9 Å². The van der Waals surface area contributed by atoms with E-state index in [-0.39, 0.29) is 5.91 Å². The molecule has 0 unspecified atom stereocenters. The van der Waals surface area contributed by atoms with Gasteiger partial charge in [-0.1, -0.05) is 41.9 Å². The van der Waals surface area contributed by atoms with Gasteiger partial charge in [-0.25, -0.2) is 5.43 Å². The molecule has 4 aromatic rings. The highest BCUT2D eigenvalue weighted by Crippen LogP contribution is 2.36. The van der Waals surface area contributed by atoms with Gasteiger partial charge in [0.05, 0.1) is 30.6 Å². The Morgan fingerprint density at radius 2 is 1.80 bits per heavy atom. The van der Waals surface area contributed by atoms with Crippen molar-refractivity contribution in [3.63, 3.8) is 0 Å². The van der Waals surface area contributed by atoms with Gasteiger partial charge in [-0.3, -0.25) is 4.79 Å². The minimum absolute atomic E-state index is 0.315. The number of nitrogens with zero attached hydrogens (tertiary/aromatic N) is 2. The van der Waals surface area contributed by atoms with E-state index in [4.69, 9.17) is 21.1 Å². The Labute approximate surface area is 209 Å². The lowest BCUT2D eigenvalue weighted by Gasteiger charge is -2.13. The predicted molar refractivity (Wildman–Crippen MR) is 140 cm³/mol. The molecule has 0 saturated heterocycles. The summed E-state index contributed by atoms with van der Waals surface area (Å²) in [6, 6.07) is 25.2. The Bertz CT molecular complexity index is 1350. The van der Waals surface area contributed by atoms with Crippen LogP contribution in [0.2, 0.25) is 5.02 Å². The predicted octanol–water partition coefficient (Wildman–Crippen LogP) is 6.28. The number of hydrazone groups is 1. The van der Waals surface area contributed by atoms with Gasteiger partial charge in [0.1, 0.15) is 0 Å². The number of hydrogen-bond acceptors (Lipinski definition) is 4. The van der Waals surface area contributed by atoms with Gasteiger partial charge in [-0.15, -0.1) is 0 Å². The molecule has 0 bridgehead atoms. The van der Waals surface area contributed by atoms with E-state index >= 15 is 0 Å². The van der Waals surface area contributed by atoms with Crippen molar-refractivity contribution >= 4 is 23.7 Å². The quantitative estimate of drug-likeness (QED) is 0.235. The molecule has 0 aliphatic rings. The van der Waals surface area contributed by atoms with Crippen LogP contribution in [0.5, 0.6) is 11.5 Å². The van der Waals surface area contributed by atoms with Crippen LogP contribution in [0.4, 0.5) is 0 Å². The molecule has 35 heavy (non-hydrogen) atoms. The highest BCUT2D eigenvalue weighted by atomic mass is 35.5. The van der Waals surface area contributed by atoms with Gasteiger partial charge < -0.3 is 14.0 Å². The van der Waals surface area contributed by atoms with E-state index in [0.717, 1.165) is 22.6 Å². The van der Waals surface area contributed by atoms with E-state index in [0.29, 0.717) is 34.3 Å². The Morgan fingerprint density at radius 1 is 1.06 bits per heavy atom. The first-order valence-electron chi connectivity index (χ1n) is 11.2. The molecule has 1 N–H and O–H groups in total. The SMILES string of the molecule is CCOc1c(Cl)cc(/C=N/NC(=O)c2ccc(-n3c(C)ccc3-c3ccccc3)cc2)cc1OC. The van der Waals surface area contributed by atoms with Gasteiger partial charge in [-0.2, -0.15) is 5.10 Å². The molecule has 0 spiro atoms. The second-order valence-corrected chi connectivity index (χ2v) is 8.18. The van der Waals surface area contributed by atoms with Crippen LogP contribution < -0.4 is 14.9 Å². The van der Waals surface area contributed by atoms with E-state index < -0.39 is 0 Å². The van der Waals surface area contributed by atoms with Crippen molar-refractivity contribution in [3.8, 4) is 28.4 Å². The summed E-state index contributed by atoms with van der Waals surface area (Å²) in [6.07, 6.45) is 1.51. The van der Waals surface area contributed by atoms with E-state index in [1.807, 2.05) is 37.3 Å². The average Bonchev–Trinajstić information content (AvgIpc) is 3.27. The molecule has 1 heterocycles. The van der Waals surface area contributed by atoms with Crippen molar-refractivity contribution in [2.45, 2.75) is 13.8 Å². The first kappa shape index (κ1) is 24.1. The van der Waals surface area contributed by atoms with E-state index in [1.54, 1.807) is 31.4 Å². The van der Waals surface area contributed by atoms with Crippen LogP contribution in [0.25, 0.3) is 16.9 Å². The Morgan fingerprint density at radius 3 is 2.49 bits per heavy atom. The molecule has 0 aliphatic carbocycles. The second-order valence-electron chi connectivity index (χ2n) is 7.77. The third kappa shape index (κ3) is 5.39. The second kappa shape index (κ2) is 10.9. The third-order valence-corrected chi connectivity index (χ3v) is 5.73. The van der Waals surface area contributed by atoms with Crippen LogP contribution in [0, 0.1) is 6.92 Å². The summed E-state index contributed by atoms with van der Waals surface area (Å²) in [5, 5.41) is 4.47. The Kier molecular flexibility index (Phi) is 7.53. The molecule has 0 fully saturated rings. The lowest BCUT2D eigenvalue weighted by atomic mass is 10.1. The minimum atomic E-state index is -0.315. The molecular weight excluding hydrogens is 462 g/mol. The number of aryl methyl sites for hydroxylation is 1. The van der Waals surface area contributed by atoms with Crippen LogP contribution in [-0.4, -0.2) is 30.4 Å². The molecule has 4 rings (SSSR count). The summed E-state index contributed by atoms with van der Waals surface area (Å²) in [5.41, 5.74) is 8.02. The maximum atomic E-state index is 12.6. The monoisotopic (exact) mass is 487 g/mol. The van der Waals surface area contributed by atoms with Crippen LogP contribution in [0.3, 0.4) is 0 Å². The molecule has 1 aromatic heterocycles. The highest BCUT2D eigenvalue weighted by molar-refractivity contribution is 6.32. The molecule has 0 saturated carbocycles. The summed E-state index contributed by atoms with van der Waals surface area (Å²) < 4.78 is 13.0. The zero-order valence-electron chi connectivity index (χ0n) is 19.8. The lowest BCUT2D eigenvalue weighted by Crippen LogP contribution is -2.17. The number of nitrogens with one attached hydrogen (secondary N) is 1. The number of hydrogen-bond donors (Lipinski definition) is 1. The highest BCUT2D eigenvalue weighted by Gasteiger charge is 2.12. The standard InChI is InChI=1S/C28H26ClN3O3/c1-4-35-27-24(29)16-20(17-26(27)34-3)18-30-31-28(33)22-11-13-23(14-12-22)32-19(2)10-15-25(32)21-8-6-5-7-9-21/h5-18H,4H2,1-3H3,(H,31,33)/b30-18+. The van der Waals surface area contributed by atoms with Crippen molar-refractivity contribution in [1.82, 2.24) is 9.99 Å². The Balaban J connectivity index is 1.48. The fourth-order valence-electron chi connectivity index (χ4n) is 3.81. The zero-order valence-corrected chi connectivity index (χ0v) is 20.5. The molecule has 7 heteroatoms. The van der Waals surface area contributed by atoms with Gasteiger partial charge in [0.2, 0.25) is 0 Å². The molecular formula is C28H26ClN3O3. The number of halogens is 1. The smallest absolute Gasteiger partial charge is 0.271 e. The van der Waals surface area contributed by atoms with Crippen LogP contribution in [0.1, 0.15) is 28.5 Å². The normalized spacial score (nSPS) is 11.0. The first-order valence-corrected chi connectivity index (χ1v) is 11.6. The number of benzene rings is 3. The summed E-state index contributed by atoms with van der Waals surface area (Å²) in [6.45, 7) is 4.40. The maximum Gasteiger partial charge on any atom is 0.271 e. The molecule has 0 radical (unpaired) electrons. The maximum absolute atomic E-state index is 12.6. The summed E-state index contributed by atoms with van der Waals surface area (Å²) in [7, 11) is 1.54. The van der Waals surface area contributed by atoms with E-state index in [9.17, 15) is 4.79 Å². The van der Waals surface area contributed by atoms with Crippen molar-refractivity contribution in [3.05, 3.63) is 101 Å². The van der Waals surface area contributed by atoms with Gasteiger partial charge in [0.25, 0.3) is 5.91 Å². The number of amides is 1. The number of aromatic nitrogens is 1. The van der Waals surface area contributed by atoms with E-state index in [1.165, 1.54) is 6.21 Å². The fraction of sp³-hybridized carbons (Fsp3) is 0.143. The number of ether oxygens (including phenoxy) is 2. The number of carbonyl (C=O) groups excluding carboxylic acids is 1. The third-order valence-electron chi connectivity index (χ3n) is 5.45. The van der Waals surface area contributed by atoms with Gasteiger partial charge in [0.15, 0.2) is 11.5 Å². The Hall–Kier alpha value is -4.03.